The van der Waals surface area contributed by atoms with E-state index >= 15 is 0 Å². The Bertz CT molecular complexity index is 103. The van der Waals surface area contributed by atoms with Gasteiger partial charge in [-0.05, 0) is 0 Å². The van der Waals surface area contributed by atoms with Crippen molar-refractivity contribution in [2.75, 3.05) is 6.16 Å². The van der Waals surface area contributed by atoms with E-state index in [1.54, 1.807) is 6.07 Å². The molecule has 0 atom stereocenters. The summed E-state index contributed by atoms with van der Waals surface area (Å²) in [6.07, 6.45) is 0.112. The summed E-state index contributed by atoms with van der Waals surface area (Å²) in [6.45, 7) is 0. The quantitative estimate of drug-likeness (QED) is 0.449. The molecule has 0 aromatic heterocycles. The van der Waals surface area contributed by atoms with E-state index in [1.165, 1.54) is 0 Å². The van der Waals surface area contributed by atoms with Crippen molar-refractivity contribution < 1.29 is 9.79 Å². The van der Waals surface area contributed by atoms with Gasteiger partial charge in [-0.1, -0.05) is 0 Å². The molecule has 0 saturated carbocycles. The third-order valence-electron chi connectivity index (χ3n) is 0.553. The van der Waals surface area contributed by atoms with Gasteiger partial charge in [-0.15, -0.1) is 0 Å². The number of hydrogen-bond acceptors (Lipinski definition) is 4. The smallest absolute Gasteiger partial charge is 0.202 e. The van der Waals surface area contributed by atoms with Gasteiger partial charge in [0.25, 0.3) is 0 Å². The topological polar surface area (TPSA) is 90.3 Å². The normalized spacial score (nSPS) is 10.8. The zero-order chi connectivity index (χ0) is 6.62. The second-order valence-corrected chi connectivity index (χ2v) is 3.44. The van der Waals surface area contributed by atoms with Crippen LogP contribution in [0.15, 0.2) is 0 Å². The van der Waals surface area contributed by atoms with Crippen molar-refractivity contribution in [2.45, 2.75) is 6.42 Å². The van der Waals surface area contributed by atoms with Crippen LogP contribution in [0.5, 0.6) is 0 Å². The molecule has 4 nitrogen and oxygen atoms in total. The highest BCUT2D eigenvalue weighted by Gasteiger charge is 2.24. The first-order valence-corrected chi connectivity index (χ1v) is 4.00. The van der Waals surface area contributed by atoms with Crippen molar-refractivity contribution in [3.63, 3.8) is 0 Å². The van der Waals surface area contributed by atoms with Crippen LogP contribution in [-0.4, -0.2) is 15.9 Å². The average molecular weight is 135 g/mol. The van der Waals surface area contributed by atoms with Crippen LogP contribution in [0.1, 0.15) is 6.42 Å². The maximum atomic E-state index is 8.44. The van der Waals surface area contributed by atoms with Crippen LogP contribution in [0.3, 0.4) is 0 Å². The Morgan fingerprint density at radius 2 is 2.12 bits per heavy atom. The average Bonchev–Trinajstić information content (AvgIpc) is 1.59. The Morgan fingerprint density at radius 1 is 1.62 bits per heavy atom. The molecule has 46 valence electrons. The molecule has 0 radical (unpaired) electrons. The van der Waals surface area contributed by atoms with E-state index in [1.807, 2.05) is 0 Å². The van der Waals surface area contributed by atoms with Gasteiger partial charge in [0.2, 0.25) is 0 Å². The maximum Gasteiger partial charge on any atom is 0.338 e. The van der Waals surface area contributed by atoms with E-state index in [9.17, 15) is 0 Å². The van der Waals surface area contributed by atoms with Gasteiger partial charge in [-0.2, -0.15) is 10.8 Å². The van der Waals surface area contributed by atoms with E-state index in [4.69, 9.17) is 20.6 Å². The molecule has 0 aliphatic carbocycles. The first-order chi connectivity index (χ1) is 3.56. The zero-order valence-corrected chi connectivity index (χ0v) is 5.17. The maximum absolute atomic E-state index is 8.44. The predicted molar refractivity (Wildman–Crippen MR) is 30.6 cm³/mol. The lowest BCUT2D eigenvalue weighted by Crippen LogP contribution is -2.05. The molecule has 0 unspecified atom stereocenters. The van der Waals surface area contributed by atoms with Crippen LogP contribution in [0.4, 0.5) is 0 Å². The van der Waals surface area contributed by atoms with Gasteiger partial charge in [0.05, 0.1) is 12.5 Å². The van der Waals surface area contributed by atoms with E-state index < -0.39 is 7.87 Å². The number of hydrogen-bond donors (Lipinski definition) is 3. The van der Waals surface area contributed by atoms with E-state index in [2.05, 4.69) is 0 Å². The molecule has 0 aromatic rings. The molecule has 5 heteroatoms. The molecule has 0 bridgehead atoms. The van der Waals surface area contributed by atoms with Crippen LogP contribution < -0.4 is 5.50 Å². The second kappa shape index (κ2) is 2.95. The molecule has 0 saturated heterocycles. The van der Waals surface area contributed by atoms with E-state index in [-0.39, 0.29) is 12.6 Å². The Balaban J connectivity index is 3.28. The van der Waals surface area contributed by atoms with Gasteiger partial charge in [0.15, 0.2) is 0 Å². The number of nitriles is 1. The molecule has 0 aliphatic rings. The first-order valence-electron chi connectivity index (χ1n) is 2.05. The van der Waals surface area contributed by atoms with Gasteiger partial charge < -0.3 is 0 Å². The number of nitrogens with zero attached hydrogens (tertiary/aromatic N) is 1. The van der Waals surface area contributed by atoms with Crippen molar-refractivity contribution in [3.05, 3.63) is 0 Å². The summed E-state index contributed by atoms with van der Waals surface area (Å²) in [5.74, 6) is 0. The van der Waals surface area contributed by atoms with Gasteiger partial charge in [-0.3, -0.25) is 0 Å². The zero-order valence-electron chi connectivity index (χ0n) is 4.28. The van der Waals surface area contributed by atoms with E-state index in [0.29, 0.717) is 0 Å². The Hall–Kier alpha value is -0.200. The first kappa shape index (κ1) is 7.80. The lowest BCUT2D eigenvalue weighted by Gasteiger charge is -1.99. The third-order valence-corrected chi connectivity index (χ3v) is 1.43. The minimum absolute atomic E-state index is 0.00347. The molecule has 0 rings (SSSR count). The van der Waals surface area contributed by atoms with Gasteiger partial charge in [0, 0.05) is 0 Å². The third kappa shape index (κ3) is 5.80. The predicted octanol–water partition coefficient (Wildman–Crippen LogP) is -0.394. The lowest BCUT2D eigenvalue weighted by atomic mass is 10.6. The summed E-state index contributed by atoms with van der Waals surface area (Å²) in [6, 6.07) is 1.75. The van der Waals surface area contributed by atoms with E-state index in [0.717, 1.165) is 0 Å². The Labute approximate surface area is 48.1 Å². The van der Waals surface area contributed by atoms with Crippen LogP contribution in [0.25, 0.3) is 0 Å². The Morgan fingerprint density at radius 3 is 2.25 bits per heavy atom. The number of rotatable bonds is 2. The van der Waals surface area contributed by atoms with Gasteiger partial charge in [0.1, 0.15) is 6.16 Å². The molecule has 8 heavy (non-hydrogen) atoms. The molecular weight excluding hydrogens is 127 g/mol. The fourth-order valence-corrected chi connectivity index (χ4v) is 0.644. The summed E-state index contributed by atoms with van der Waals surface area (Å²) in [5.41, 5.74) is 4.79. The second-order valence-electron chi connectivity index (χ2n) is 1.42. The molecule has 0 heterocycles. The van der Waals surface area contributed by atoms with Crippen molar-refractivity contribution in [1.82, 2.24) is 0 Å². The molecule has 0 fully saturated rings. The van der Waals surface area contributed by atoms with Crippen molar-refractivity contribution in [1.29, 1.82) is 5.26 Å². The Kier molecular flexibility index (Phi) is 2.88. The summed E-state index contributed by atoms with van der Waals surface area (Å²) >= 11 is 0. The molecule has 4 N–H and O–H groups in total. The summed E-state index contributed by atoms with van der Waals surface area (Å²) in [5, 5.41) is 7.92. The molecule has 0 aromatic carbocycles. The SMILES string of the molecule is N#CCC[P+](N)(O)O. The fraction of sp³-hybridized carbons (Fsp3) is 0.667. The minimum Gasteiger partial charge on any atom is -0.202 e. The van der Waals surface area contributed by atoms with Crippen LogP contribution >= 0.6 is 7.87 Å². The van der Waals surface area contributed by atoms with Crippen LogP contribution in [0, 0.1) is 11.3 Å². The van der Waals surface area contributed by atoms with Crippen molar-refractivity contribution in [2.24, 2.45) is 5.50 Å². The largest absolute Gasteiger partial charge is 0.338 e. The van der Waals surface area contributed by atoms with Gasteiger partial charge >= 0.3 is 7.87 Å². The summed E-state index contributed by atoms with van der Waals surface area (Å²) in [4.78, 5) is 16.9. The van der Waals surface area contributed by atoms with Crippen molar-refractivity contribution in [3.8, 4) is 6.07 Å². The highest BCUT2D eigenvalue weighted by atomic mass is 31.2. The van der Waals surface area contributed by atoms with Gasteiger partial charge in [-0.25, -0.2) is 9.79 Å². The summed E-state index contributed by atoms with van der Waals surface area (Å²) < 4.78 is 0. The lowest BCUT2D eigenvalue weighted by molar-refractivity contribution is 0.451. The monoisotopic (exact) mass is 135 g/mol. The molecule has 0 amide bonds. The molecular formula is C3H8N2O2P+. The molecule has 0 spiro atoms. The highest BCUT2D eigenvalue weighted by Crippen LogP contribution is 2.39. The fourth-order valence-electron chi connectivity index (χ4n) is 0.215. The highest BCUT2D eigenvalue weighted by molar-refractivity contribution is 7.62. The van der Waals surface area contributed by atoms with Crippen molar-refractivity contribution >= 4 is 7.87 Å². The molecule has 0 aliphatic heterocycles. The number of nitrogens with two attached hydrogens (primary N) is 1. The van der Waals surface area contributed by atoms with Crippen LogP contribution in [-0.2, 0) is 0 Å². The summed E-state index contributed by atoms with van der Waals surface area (Å²) in [7, 11) is -3.15. The van der Waals surface area contributed by atoms with Crippen LogP contribution in [0.2, 0.25) is 0 Å². The standard InChI is InChI=1S/C3H8N2O2P/c4-2-1-3-8(5,6)7/h6-7H,1,3,5H2/q+1. The minimum atomic E-state index is -3.15.